The molecule has 2 aromatic rings. The van der Waals surface area contributed by atoms with Crippen molar-refractivity contribution in [3.63, 3.8) is 0 Å². The molecule has 1 amide bonds. The highest BCUT2D eigenvalue weighted by Gasteiger charge is 2.13. The maximum Gasteiger partial charge on any atom is 0.268 e. The topological polar surface area (TPSA) is 90.1 Å². The first-order valence-corrected chi connectivity index (χ1v) is 6.38. The Balaban J connectivity index is 2.21. The van der Waals surface area contributed by atoms with Crippen LogP contribution in [0.2, 0.25) is 0 Å². The van der Waals surface area contributed by atoms with E-state index >= 15 is 0 Å². The fourth-order valence-corrected chi connectivity index (χ4v) is 2.31. The number of nitrogens with one attached hydrogen (secondary N) is 1. The molecule has 2 aromatic heterocycles. The minimum absolute atomic E-state index is 0.214. The molecule has 6 nitrogen and oxygen atoms in total. The summed E-state index contributed by atoms with van der Waals surface area (Å²) in [6.07, 6.45) is 0. The highest BCUT2D eigenvalue weighted by atomic mass is 32.1. The fourth-order valence-electron chi connectivity index (χ4n) is 1.47. The van der Waals surface area contributed by atoms with Crippen LogP contribution in [0.3, 0.4) is 0 Å². The van der Waals surface area contributed by atoms with Crippen LogP contribution < -0.4 is 15.8 Å². The monoisotopic (exact) mass is 278 g/mol. The second-order valence-corrected chi connectivity index (χ2v) is 5.21. The van der Waals surface area contributed by atoms with Crippen molar-refractivity contribution in [2.24, 2.45) is 0 Å². The molecule has 100 valence electrons. The van der Waals surface area contributed by atoms with Crippen LogP contribution in [0.4, 0.5) is 11.6 Å². The summed E-state index contributed by atoms with van der Waals surface area (Å²) in [5.41, 5.74) is 7.04. The number of hydrogen-bond acceptors (Lipinski definition) is 6. The molecule has 7 heteroatoms. The van der Waals surface area contributed by atoms with Gasteiger partial charge in [0.05, 0.1) is 12.0 Å². The van der Waals surface area contributed by atoms with Gasteiger partial charge < -0.3 is 10.5 Å². The number of aromatic nitrogens is 2. The van der Waals surface area contributed by atoms with E-state index in [1.54, 1.807) is 19.1 Å². The number of aryl methyl sites for hydroxylation is 2. The molecule has 0 aromatic carbocycles. The number of anilines is 2. The number of carbonyl (C=O) groups excluding carboxylic acids is 1. The second-order valence-electron chi connectivity index (χ2n) is 3.95. The van der Waals surface area contributed by atoms with E-state index in [1.165, 1.54) is 18.4 Å². The van der Waals surface area contributed by atoms with Gasteiger partial charge in [0, 0.05) is 22.3 Å². The predicted octanol–water partition coefficient (Wildman–Crippen LogP) is 2.00. The predicted molar refractivity (Wildman–Crippen MR) is 74.7 cm³/mol. The third kappa shape index (κ3) is 3.00. The first kappa shape index (κ1) is 13.3. The maximum atomic E-state index is 12.0. The van der Waals surface area contributed by atoms with E-state index in [4.69, 9.17) is 10.5 Å². The van der Waals surface area contributed by atoms with Crippen molar-refractivity contribution in [3.8, 4) is 5.88 Å². The molecule has 3 N–H and O–H groups in total. The number of thiophene rings is 1. The minimum Gasteiger partial charge on any atom is -0.481 e. The van der Waals surface area contributed by atoms with Crippen molar-refractivity contribution in [2.45, 2.75) is 13.8 Å². The van der Waals surface area contributed by atoms with Gasteiger partial charge in [-0.05, 0) is 19.9 Å². The van der Waals surface area contributed by atoms with Crippen LogP contribution in [0.25, 0.3) is 0 Å². The van der Waals surface area contributed by atoms with E-state index in [0.29, 0.717) is 22.1 Å². The Bertz CT molecular complexity index is 605. The van der Waals surface area contributed by atoms with Crippen LogP contribution in [-0.4, -0.2) is 23.0 Å². The lowest BCUT2D eigenvalue weighted by molar-refractivity contribution is 0.102. The number of nitrogens with zero attached hydrogens (tertiary/aromatic N) is 2. The van der Waals surface area contributed by atoms with E-state index in [-0.39, 0.29) is 11.9 Å². The van der Waals surface area contributed by atoms with Crippen LogP contribution in [0.1, 0.15) is 20.2 Å². The van der Waals surface area contributed by atoms with E-state index in [2.05, 4.69) is 15.3 Å². The SMILES string of the molecule is COc1cc(C)nc(NC(=O)c2cc(N)c(C)s2)n1. The lowest BCUT2D eigenvalue weighted by Crippen LogP contribution is -2.13. The standard InChI is InChI=1S/C12H14N4O2S/c1-6-4-10(18-3)15-12(14-6)16-11(17)9-5-8(13)7(2)19-9/h4-5H,13H2,1-3H3,(H,14,15,16,17). The van der Waals surface area contributed by atoms with Gasteiger partial charge in [-0.15, -0.1) is 11.3 Å². The zero-order chi connectivity index (χ0) is 14.0. The largest absolute Gasteiger partial charge is 0.481 e. The lowest BCUT2D eigenvalue weighted by atomic mass is 10.3. The molecule has 0 atom stereocenters. The van der Waals surface area contributed by atoms with Gasteiger partial charge >= 0.3 is 0 Å². The summed E-state index contributed by atoms with van der Waals surface area (Å²) in [6, 6.07) is 3.32. The average molecular weight is 278 g/mol. The van der Waals surface area contributed by atoms with Gasteiger partial charge in [-0.3, -0.25) is 10.1 Å². The van der Waals surface area contributed by atoms with Crippen molar-refractivity contribution < 1.29 is 9.53 Å². The number of carbonyl (C=O) groups is 1. The van der Waals surface area contributed by atoms with Gasteiger partial charge in [-0.25, -0.2) is 4.98 Å². The molecule has 0 aliphatic heterocycles. The van der Waals surface area contributed by atoms with Gasteiger partial charge in [0.1, 0.15) is 0 Å². The molecular weight excluding hydrogens is 264 g/mol. The first-order valence-electron chi connectivity index (χ1n) is 5.56. The molecule has 0 aliphatic carbocycles. The smallest absolute Gasteiger partial charge is 0.268 e. The third-order valence-electron chi connectivity index (χ3n) is 2.45. The number of nitrogens with two attached hydrogens (primary N) is 1. The Kier molecular flexibility index (Phi) is 3.66. The summed E-state index contributed by atoms with van der Waals surface area (Å²) in [5, 5.41) is 2.63. The summed E-state index contributed by atoms with van der Waals surface area (Å²) in [4.78, 5) is 21.6. The molecule has 19 heavy (non-hydrogen) atoms. The van der Waals surface area contributed by atoms with Crippen LogP contribution >= 0.6 is 11.3 Å². The number of hydrogen-bond donors (Lipinski definition) is 2. The molecule has 0 bridgehead atoms. The highest BCUT2D eigenvalue weighted by Crippen LogP contribution is 2.24. The number of methoxy groups -OCH3 is 1. The Hall–Kier alpha value is -2.15. The molecule has 0 aliphatic rings. The Morgan fingerprint density at radius 2 is 2.11 bits per heavy atom. The lowest BCUT2D eigenvalue weighted by Gasteiger charge is -2.05. The van der Waals surface area contributed by atoms with E-state index in [0.717, 1.165) is 4.88 Å². The summed E-state index contributed by atoms with van der Waals surface area (Å²) < 4.78 is 5.03. The van der Waals surface area contributed by atoms with E-state index in [1.807, 2.05) is 6.92 Å². The first-order chi connectivity index (χ1) is 8.99. The zero-order valence-electron chi connectivity index (χ0n) is 10.9. The molecule has 0 radical (unpaired) electrons. The average Bonchev–Trinajstić information content (AvgIpc) is 2.69. The van der Waals surface area contributed by atoms with Crippen LogP contribution in [-0.2, 0) is 0 Å². The Labute approximate surface area is 114 Å². The second kappa shape index (κ2) is 5.23. The van der Waals surface area contributed by atoms with Crippen molar-refractivity contribution >= 4 is 28.9 Å². The third-order valence-corrected chi connectivity index (χ3v) is 3.51. The van der Waals surface area contributed by atoms with Gasteiger partial charge in [0.2, 0.25) is 11.8 Å². The van der Waals surface area contributed by atoms with Gasteiger partial charge in [-0.1, -0.05) is 0 Å². The van der Waals surface area contributed by atoms with Crippen LogP contribution in [0, 0.1) is 13.8 Å². The molecule has 0 saturated heterocycles. The number of nitrogen functional groups attached to an aromatic ring is 1. The normalized spacial score (nSPS) is 10.3. The Morgan fingerprint density at radius 3 is 2.68 bits per heavy atom. The Morgan fingerprint density at radius 1 is 1.37 bits per heavy atom. The molecule has 0 spiro atoms. The number of rotatable bonds is 3. The molecule has 0 saturated carbocycles. The van der Waals surface area contributed by atoms with Gasteiger partial charge in [0.25, 0.3) is 5.91 Å². The van der Waals surface area contributed by atoms with Gasteiger partial charge in [-0.2, -0.15) is 4.98 Å². The van der Waals surface area contributed by atoms with E-state index in [9.17, 15) is 4.79 Å². The van der Waals surface area contributed by atoms with Crippen molar-refractivity contribution in [3.05, 3.63) is 27.6 Å². The summed E-state index contributed by atoms with van der Waals surface area (Å²) >= 11 is 1.33. The fraction of sp³-hybridized carbons (Fsp3) is 0.250. The highest BCUT2D eigenvalue weighted by molar-refractivity contribution is 7.14. The number of ether oxygens (including phenoxy) is 1. The van der Waals surface area contributed by atoms with E-state index < -0.39 is 0 Å². The molecule has 0 unspecified atom stereocenters. The summed E-state index contributed by atoms with van der Waals surface area (Å²) in [5.74, 6) is 0.341. The zero-order valence-corrected chi connectivity index (χ0v) is 11.7. The molecule has 2 heterocycles. The molecule has 0 fully saturated rings. The molecule has 2 rings (SSSR count). The summed E-state index contributed by atoms with van der Waals surface area (Å²) in [6.45, 7) is 3.66. The van der Waals surface area contributed by atoms with Gasteiger partial charge in [0.15, 0.2) is 0 Å². The maximum absolute atomic E-state index is 12.0. The van der Waals surface area contributed by atoms with Crippen LogP contribution in [0.15, 0.2) is 12.1 Å². The quantitative estimate of drug-likeness (QED) is 0.896. The molecular formula is C12H14N4O2S. The van der Waals surface area contributed by atoms with Crippen molar-refractivity contribution in [2.75, 3.05) is 18.2 Å². The summed E-state index contributed by atoms with van der Waals surface area (Å²) in [7, 11) is 1.51. The number of amides is 1. The minimum atomic E-state index is -0.280. The van der Waals surface area contributed by atoms with Crippen LogP contribution in [0.5, 0.6) is 5.88 Å². The van der Waals surface area contributed by atoms with Crippen molar-refractivity contribution in [1.29, 1.82) is 0 Å². The van der Waals surface area contributed by atoms with Crippen molar-refractivity contribution in [1.82, 2.24) is 9.97 Å².